The molecule has 1 aliphatic heterocycles. The van der Waals surface area contributed by atoms with Crippen molar-refractivity contribution in [3.05, 3.63) is 33.1 Å². The SMILES string of the molecule is COCC1CC(C)C(n2ccc(=O)[nH]c2=O)O1. The molecule has 1 aliphatic rings. The normalized spacial score (nSPS) is 28.5. The maximum atomic E-state index is 11.6. The van der Waals surface area contributed by atoms with E-state index in [0.29, 0.717) is 6.61 Å². The van der Waals surface area contributed by atoms with E-state index in [9.17, 15) is 9.59 Å². The average Bonchev–Trinajstić information content (AvgIpc) is 2.60. The molecular weight excluding hydrogens is 224 g/mol. The highest BCUT2D eigenvalue weighted by atomic mass is 16.5. The van der Waals surface area contributed by atoms with Gasteiger partial charge in [-0.1, -0.05) is 6.92 Å². The highest BCUT2D eigenvalue weighted by Crippen LogP contribution is 2.32. The van der Waals surface area contributed by atoms with Gasteiger partial charge in [-0.2, -0.15) is 0 Å². The van der Waals surface area contributed by atoms with Gasteiger partial charge in [0.05, 0.1) is 12.7 Å². The average molecular weight is 240 g/mol. The molecule has 1 aromatic heterocycles. The molecule has 0 aromatic carbocycles. The minimum atomic E-state index is -0.438. The lowest BCUT2D eigenvalue weighted by atomic mass is 10.1. The van der Waals surface area contributed by atoms with Crippen LogP contribution in [0.4, 0.5) is 0 Å². The van der Waals surface area contributed by atoms with Crippen LogP contribution in [0.2, 0.25) is 0 Å². The van der Waals surface area contributed by atoms with E-state index < -0.39 is 11.2 Å². The monoisotopic (exact) mass is 240 g/mol. The number of aromatic nitrogens is 2. The van der Waals surface area contributed by atoms with Gasteiger partial charge in [0.1, 0.15) is 6.23 Å². The van der Waals surface area contributed by atoms with Gasteiger partial charge < -0.3 is 9.47 Å². The third kappa shape index (κ3) is 2.48. The van der Waals surface area contributed by atoms with E-state index in [1.807, 2.05) is 6.92 Å². The van der Waals surface area contributed by atoms with Crippen LogP contribution < -0.4 is 11.2 Å². The molecule has 3 atom stereocenters. The van der Waals surface area contributed by atoms with Crippen molar-refractivity contribution in [2.75, 3.05) is 13.7 Å². The molecule has 0 radical (unpaired) electrons. The Morgan fingerprint density at radius 1 is 1.59 bits per heavy atom. The first-order chi connectivity index (χ1) is 8.11. The third-order valence-electron chi connectivity index (χ3n) is 2.93. The largest absolute Gasteiger partial charge is 0.382 e. The molecule has 0 amide bonds. The Hall–Kier alpha value is -1.40. The smallest absolute Gasteiger partial charge is 0.330 e. The first-order valence-corrected chi connectivity index (χ1v) is 5.57. The maximum Gasteiger partial charge on any atom is 0.330 e. The van der Waals surface area contributed by atoms with Crippen LogP contribution in [0.25, 0.3) is 0 Å². The van der Waals surface area contributed by atoms with Crippen LogP contribution in [0.1, 0.15) is 19.6 Å². The summed E-state index contributed by atoms with van der Waals surface area (Å²) in [6, 6.07) is 1.32. The molecular formula is C11H16N2O4. The Morgan fingerprint density at radius 3 is 3.00 bits per heavy atom. The molecule has 0 spiro atoms. The van der Waals surface area contributed by atoms with Crippen molar-refractivity contribution in [3.63, 3.8) is 0 Å². The summed E-state index contributed by atoms with van der Waals surface area (Å²) in [5.74, 6) is 0.207. The van der Waals surface area contributed by atoms with Gasteiger partial charge in [-0.3, -0.25) is 14.3 Å². The van der Waals surface area contributed by atoms with Crippen molar-refractivity contribution < 1.29 is 9.47 Å². The fourth-order valence-electron chi connectivity index (χ4n) is 2.18. The number of nitrogens with zero attached hydrogens (tertiary/aromatic N) is 1. The first-order valence-electron chi connectivity index (χ1n) is 5.57. The standard InChI is InChI=1S/C11H16N2O4/c1-7-5-8(6-16-2)17-10(7)13-4-3-9(14)12-11(13)15/h3-4,7-8,10H,5-6H2,1-2H3,(H,12,14,15). The zero-order valence-electron chi connectivity index (χ0n) is 9.88. The highest BCUT2D eigenvalue weighted by molar-refractivity contribution is 4.87. The van der Waals surface area contributed by atoms with E-state index in [4.69, 9.17) is 9.47 Å². The van der Waals surface area contributed by atoms with Crippen LogP contribution in [0.15, 0.2) is 21.9 Å². The Balaban J connectivity index is 2.23. The molecule has 0 aliphatic carbocycles. The second kappa shape index (κ2) is 4.85. The molecule has 2 rings (SSSR count). The Labute approximate surface area is 98.2 Å². The minimum Gasteiger partial charge on any atom is -0.382 e. The number of nitrogens with one attached hydrogen (secondary N) is 1. The van der Waals surface area contributed by atoms with Gasteiger partial charge in [0.2, 0.25) is 0 Å². The highest BCUT2D eigenvalue weighted by Gasteiger charge is 2.33. The molecule has 6 nitrogen and oxygen atoms in total. The van der Waals surface area contributed by atoms with Gasteiger partial charge >= 0.3 is 5.69 Å². The molecule has 0 bridgehead atoms. The second-order valence-corrected chi connectivity index (χ2v) is 4.33. The van der Waals surface area contributed by atoms with Crippen molar-refractivity contribution in [2.45, 2.75) is 25.7 Å². The van der Waals surface area contributed by atoms with Crippen LogP contribution in [-0.2, 0) is 9.47 Å². The fraction of sp³-hybridized carbons (Fsp3) is 0.636. The van der Waals surface area contributed by atoms with Gasteiger partial charge in [0.25, 0.3) is 5.56 Å². The lowest BCUT2D eigenvalue weighted by Gasteiger charge is -2.17. The molecule has 2 heterocycles. The van der Waals surface area contributed by atoms with Crippen molar-refractivity contribution in [2.24, 2.45) is 5.92 Å². The zero-order valence-corrected chi connectivity index (χ0v) is 9.88. The molecule has 1 saturated heterocycles. The first kappa shape index (κ1) is 12.1. The van der Waals surface area contributed by atoms with E-state index in [0.717, 1.165) is 6.42 Å². The third-order valence-corrected chi connectivity index (χ3v) is 2.93. The summed E-state index contributed by atoms with van der Waals surface area (Å²) in [7, 11) is 1.62. The second-order valence-electron chi connectivity index (χ2n) is 4.33. The molecule has 1 N–H and O–H groups in total. The van der Waals surface area contributed by atoms with Gasteiger partial charge in [0, 0.05) is 25.3 Å². The number of aromatic amines is 1. The summed E-state index contributed by atoms with van der Waals surface area (Å²) in [5.41, 5.74) is -0.835. The fourth-order valence-corrected chi connectivity index (χ4v) is 2.18. The minimum absolute atomic E-state index is 0.00109. The van der Waals surface area contributed by atoms with Crippen molar-refractivity contribution in [1.29, 1.82) is 0 Å². The van der Waals surface area contributed by atoms with Gasteiger partial charge in [0.15, 0.2) is 0 Å². The van der Waals surface area contributed by atoms with E-state index in [1.165, 1.54) is 16.8 Å². The summed E-state index contributed by atoms with van der Waals surface area (Å²) < 4.78 is 12.2. The van der Waals surface area contributed by atoms with E-state index >= 15 is 0 Å². The Kier molecular flexibility index (Phi) is 3.44. The number of H-pyrrole nitrogens is 1. The van der Waals surface area contributed by atoms with Crippen LogP contribution in [0.3, 0.4) is 0 Å². The summed E-state index contributed by atoms with van der Waals surface area (Å²) >= 11 is 0. The van der Waals surface area contributed by atoms with Crippen LogP contribution in [0.5, 0.6) is 0 Å². The number of hydrogen-bond donors (Lipinski definition) is 1. The number of rotatable bonds is 3. The van der Waals surface area contributed by atoms with E-state index in [1.54, 1.807) is 7.11 Å². The summed E-state index contributed by atoms with van der Waals surface area (Å²) in [4.78, 5) is 24.8. The Bertz CT molecular complexity index is 493. The Morgan fingerprint density at radius 2 is 2.35 bits per heavy atom. The number of hydrogen-bond acceptors (Lipinski definition) is 4. The maximum absolute atomic E-state index is 11.6. The van der Waals surface area contributed by atoms with Crippen molar-refractivity contribution >= 4 is 0 Å². The lowest BCUT2D eigenvalue weighted by Crippen LogP contribution is -2.33. The lowest BCUT2D eigenvalue weighted by molar-refractivity contribution is -0.0413. The predicted octanol–water partition coefficient (Wildman–Crippen LogP) is 0.107. The summed E-state index contributed by atoms with van der Waals surface area (Å²) in [6.45, 7) is 2.52. The molecule has 1 fully saturated rings. The quantitative estimate of drug-likeness (QED) is 0.813. The van der Waals surface area contributed by atoms with Crippen LogP contribution in [0, 0.1) is 5.92 Å². The van der Waals surface area contributed by atoms with Gasteiger partial charge in [-0.05, 0) is 6.42 Å². The molecule has 1 aromatic rings. The summed E-state index contributed by atoms with van der Waals surface area (Å²) in [6.07, 6.45) is 1.97. The molecule has 3 unspecified atom stereocenters. The molecule has 94 valence electrons. The van der Waals surface area contributed by atoms with Gasteiger partial charge in [-0.15, -0.1) is 0 Å². The molecule has 17 heavy (non-hydrogen) atoms. The van der Waals surface area contributed by atoms with Crippen molar-refractivity contribution in [3.8, 4) is 0 Å². The van der Waals surface area contributed by atoms with Crippen LogP contribution >= 0.6 is 0 Å². The predicted molar refractivity (Wildman–Crippen MR) is 60.9 cm³/mol. The van der Waals surface area contributed by atoms with Crippen LogP contribution in [-0.4, -0.2) is 29.4 Å². The molecule has 6 heteroatoms. The summed E-state index contributed by atoms with van der Waals surface area (Å²) in [5, 5.41) is 0. The topological polar surface area (TPSA) is 73.3 Å². The van der Waals surface area contributed by atoms with Gasteiger partial charge in [-0.25, -0.2) is 4.79 Å². The van der Waals surface area contributed by atoms with Crippen molar-refractivity contribution in [1.82, 2.24) is 9.55 Å². The molecule has 0 saturated carbocycles. The van der Waals surface area contributed by atoms with E-state index in [2.05, 4.69) is 4.98 Å². The van der Waals surface area contributed by atoms with E-state index in [-0.39, 0.29) is 18.2 Å². The number of ether oxygens (including phenoxy) is 2. The zero-order chi connectivity index (χ0) is 12.4. The number of methoxy groups -OCH3 is 1.